The van der Waals surface area contributed by atoms with Crippen molar-refractivity contribution in [3.8, 4) is 0 Å². The zero-order chi connectivity index (χ0) is 11.9. The molecule has 0 aliphatic rings. The molecular formula is C13H16N2O. The van der Waals surface area contributed by atoms with Gasteiger partial charge >= 0.3 is 0 Å². The molecule has 0 spiro atoms. The molecule has 0 aliphatic carbocycles. The van der Waals surface area contributed by atoms with Crippen LogP contribution in [0.4, 0.5) is 0 Å². The largest absolute Gasteiger partial charge is 0.324 e. The molecule has 1 unspecified atom stereocenters. The Kier molecular flexibility index (Phi) is 2.56. The van der Waals surface area contributed by atoms with Gasteiger partial charge in [0.2, 0.25) is 0 Å². The Hall–Kier alpha value is -1.61. The number of aromatic amines is 1. The van der Waals surface area contributed by atoms with E-state index in [-0.39, 0.29) is 11.6 Å². The van der Waals surface area contributed by atoms with E-state index >= 15 is 0 Å². The molecule has 2 rings (SSSR count). The molecule has 3 heteroatoms. The number of H-pyrrole nitrogens is 1. The van der Waals surface area contributed by atoms with Gasteiger partial charge in [-0.2, -0.15) is 0 Å². The number of aromatic nitrogens is 1. The average molecular weight is 216 g/mol. The van der Waals surface area contributed by atoms with E-state index in [2.05, 4.69) is 17.1 Å². The SMILES string of the molecule is Cc1cc(C)c2[nH]c(=O)c(C(C)N)cc2c1. The van der Waals surface area contributed by atoms with Gasteiger partial charge in [-0.05, 0) is 43.9 Å². The maximum Gasteiger partial charge on any atom is 0.253 e. The summed E-state index contributed by atoms with van der Waals surface area (Å²) >= 11 is 0. The predicted octanol–water partition coefficient (Wildman–Crippen LogP) is 2.16. The summed E-state index contributed by atoms with van der Waals surface area (Å²) < 4.78 is 0. The number of pyridine rings is 1. The zero-order valence-electron chi connectivity index (χ0n) is 9.79. The second kappa shape index (κ2) is 3.76. The first-order valence-electron chi connectivity index (χ1n) is 5.39. The smallest absolute Gasteiger partial charge is 0.253 e. The molecule has 2 aromatic rings. The molecule has 0 bridgehead atoms. The summed E-state index contributed by atoms with van der Waals surface area (Å²) in [7, 11) is 0. The molecule has 1 atom stereocenters. The molecule has 1 aromatic heterocycles. The Morgan fingerprint density at radius 1 is 1.25 bits per heavy atom. The lowest BCUT2D eigenvalue weighted by atomic mass is 10.0. The van der Waals surface area contributed by atoms with Gasteiger partial charge in [-0.1, -0.05) is 11.6 Å². The molecule has 3 N–H and O–H groups in total. The fourth-order valence-corrected chi connectivity index (χ4v) is 2.04. The van der Waals surface area contributed by atoms with Crippen LogP contribution >= 0.6 is 0 Å². The first-order valence-corrected chi connectivity index (χ1v) is 5.39. The van der Waals surface area contributed by atoms with Crippen molar-refractivity contribution >= 4 is 10.9 Å². The van der Waals surface area contributed by atoms with E-state index < -0.39 is 0 Å². The van der Waals surface area contributed by atoms with Gasteiger partial charge in [-0.15, -0.1) is 0 Å². The van der Waals surface area contributed by atoms with Crippen molar-refractivity contribution in [2.24, 2.45) is 5.73 Å². The Morgan fingerprint density at radius 2 is 1.94 bits per heavy atom. The Labute approximate surface area is 94.3 Å². The van der Waals surface area contributed by atoms with Crippen LogP contribution in [0.25, 0.3) is 10.9 Å². The molecule has 0 saturated heterocycles. The highest BCUT2D eigenvalue weighted by molar-refractivity contribution is 5.82. The number of aryl methyl sites for hydroxylation is 2. The van der Waals surface area contributed by atoms with Crippen molar-refractivity contribution in [2.75, 3.05) is 0 Å². The third-order valence-electron chi connectivity index (χ3n) is 2.81. The van der Waals surface area contributed by atoms with Crippen LogP contribution in [0.15, 0.2) is 23.0 Å². The van der Waals surface area contributed by atoms with E-state index in [4.69, 9.17) is 5.73 Å². The van der Waals surface area contributed by atoms with Crippen LogP contribution in [-0.4, -0.2) is 4.98 Å². The standard InChI is InChI=1S/C13H16N2O/c1-7-4-8(2)12-10(5-7)6-11(9(3)14)13(16)15-12/h4-6,9H,14H2,1-3H3,(H,15,16). The molecule has 0 aliphatic heterocycles. The number of rotatable bonds is 1. The molecule has 3 nitrogen and oxygen atoms in total. The highest BCUT2D eigenvalue weighted by atomic mass is 16.1. The highest BCUT2D eigenvalue weighted by Crippen LogP contribution is 2.19. The van der Waals surface area contributed by atoms with Gasteiger partial charge in [0.05, 0.1) is 5.52 Å². The molecule has 0 radical (unpaired) electrons. The quantitative estimate of drug-likeness (QED) is 0.767. The third kappa shape index (κ3) is 1.74. The lowest BCUT2D eigenvalue weighted by molar-refractivity contribution is 0.803. The van der Waals surface area contributed by atoms with Crippen LogP contribution in [0, 0.1) is 13.8 Å². The Bertz CT molecular complexity index is 597. The van der Waals surface area contributed by atoms with Crippen LogP contribution in [0.2, 0.25) is 0 Å². The molecule has 1 aromatic carbocycles. The molecule has 84 valence electrons. The molecule has 16 heavy (non-hydrogen) atoms. The normalized spacial score (nSPS) is 13.0. The minimum Gasteiger partial charge on any atom is -0.324 e. The molecule has 1 heterocycles. The molecule has 0 fully saturated rings. The molecule has 0 amide bonds. The summed E-state index contributed by atoms with van der Waals surface area (Å²) in [6, 6.07) is 5.77. The highest BCUT2D eigenvalue weighted by Gasteiger charge is 2.08. The first-order chi connectivity index (χ1) is 7.49. The van der Waals surface area contributed by atoms with E-state index in [0.717, 1.165) is 16.5 Å². The number of nitrogens with one attached hydrogen (secondary N) is 1. The topological polar surface area (TPSA) is 58.9 Å². The second-order valence-electron chi connectivity index (χ2n) is 4.39. The summed E-state index contributed by atoms with van der Waals surface area (Å²) in [5.41, 5.74) is 9.49. The summed E-state index contributed by atoms with van der Waals surface area (Å²) in [5.74, 6) is 0. The summed E-state index contributed by atoms with van der Waals surface area (Å²) in [6.45, 7) is 5.86. The van der Waals surface area contributed by atoms with E-state index in [1.54, 1.807) is 0 Å². The minimum absolute atomic E-state index is 0.0885. The van der Waals surface area contributed by atoms with Crippen molar-refractivity contribution < 1.29 is 0 Å². The van der Waals surface area contributed by atoms with E-state index in [1.807, 2.05) is 26.8 Å². The molecule has 0 saturated carbocycles. The summed E-state index contributed by atoms with van der Waals surface area (Å²) in [5, 5.41) is 1.05. The maximum atomic E-state index is 11.8. The van der Waals surface area contributed by atoms with Crippen molar-refractivity contribution in [3.05, 3.63) is 45.2 Å². The van der Waals surface area contributed by atoms with Crippen molar-refractivity contribution in [2.45, 2.75) is 26.8 Å². The number of fused-ring (bicyclic) bond motifs is 1. The van der Waals surface area contributed by atoms with Gasteiger partial charge in [-0.25, -0.2) is 0 Å². The van der Waals surface area contributed by atoms with E-state index in [0.29, 0.717) is 5.56 Å². The van der Waals surface area contributed by atoms with Gasteiger partial charge in [0.15, 0.2) is 0 Å². The van der Waals surface area contributed by atoms with Crippen LogP contribution in [0.1, 0.15) is 29.7 Å². The second-order valence-corrected chi connectivity index (χ2v) is 4.39. The fraction of sp³-hybridized carbons (Fsp3) is 0.308. The lowest BCUT2D eigenvalue weighted by Crippen LogP contribution is -2.19. The van der Waals surface area contributed by atoms with E-state index in [9.17, 15) is 4.79 Å². The van der Waals surface area contributed by atoms with Crippen LogP contribution in [0.5, 0.6) is 0 Å². The number of benzene rings is 1. The lowest BCUT2D eigenvalue weighted by Gasteiger charge is -2.08. The van der Waals surface area contributed by atoms with Gasteiger partial charge in [-0.3, -0.25) is 4.79 Å². The minimum atomic E-state index is -0.242. The first kappa shape index (κ1) is 10.9. The predicted molar refractivity (Wildman–Crippen MR) is 66.6 cm³/mol. The van der Waals surface area contributed by atoms with Crippen molar-refractivity contribution in [3.63, 3.8) is 0 Å². The van der Waals surface area contributed by atoms with Crippen LogP contribution in [0.3, 0.4) is 0 Å². The van der Waals surface area contributed by atoms with E-state index in [1.165, 1.54) is 5.56 Å². The Balaban J connectivity index is 2.85. The van der Waals surface area contributed by atoms with Crippen molar-refractivity contribution in [1.29, 1.82) is 0 Å². The Morgan fingerprint density at radius 3 is 2.56 bits per heavy atom. The maximum absolute atomic E-state index is 11.8. The zero-order valence-corrected chi connectivity index (χ0v) is 9.79. The molecular weight excluding hydrogens is 200 g/mol. The summed E-state index contributed by atoms with van der Waals surface area (Å²) in [4.78, 5) is 14.7. The number of hydrogen-bond donors (Lipinski definition) is 2. The van der Waals surface area contributed by atoms with Gasteiger partial charge in [0, 0.05) is 11.6 Å². The van der Waals surface area contributed by atoms with Crippen LogP contribution in [-0.2, 0) is 0 Å². The summed E-state index contributed by atoms with van der Waals surface area (Å²) in [6.07, 6.45) is 0. The number of hydrogen-bond acceptors (Lipinski definition) is 2. The monoisotopic (exact) mass is 216 g/mol. The van der Waals surface area contributed by atoms with Gasteiger partial charge in [0.25, 0.3) is 5.56 Å². The van der Waals surface area contributed by atoms with Crippen LogP contribution < -0.4 is 11.3 Å². The average Bonchev–Trinajstić information content (AvgIpc) is 2.18. The van der Waals surface area contributed by atoms with Gasteiger partial charge < -0.3 is 10.7 Å². The third-order valence-corrected chi connectivity index (χ3v) is 2.81. The fourth-order valence-electron chi connectivity index (χ4n) is 2.04. The van der Waals surface area contributed by atoms with Crippen molar-refractivity contribution in [1.82, 2.24) is 4.98 Å². The van der Waals surface area contributed by atoms with Gasteiger partial charge in [0.1, 0.15) is 0 Å². The number of nitrogens with two attached hydrogens (primary N) is 1.